The molecule has 31 heavy (non-hydrogen) atoms. The van der Waals surface area contributed by atoms with Crippen LogP contribution in [0.5, 0.6) is 0 Å². The summed E-state index contributed by atoms with van der Waals surface area (Å²) in [7, 11) is 0. The van der Waals surface area contributed by atoms with Crippen molar-refractivity contribution in [3.63, 3.8) is 0 Å². The summed E-state index contributed by atoms with van der Waals surface area (Å²) >= 11 is 9.24. The van der Waals surface area contributed by atoms with Crippen LogP contribution in [0.1, 0.15) is 49.1 Å². The van der Waals surface area contributed by atoms with Crippen LogP contribution >= 0.6 is 27.5 Å². The predicted octanol–water partition coefficient (Wildman–Crippen LogP) is 6.25. The number of carbonyl (C=O) groups excluding carboxylic acids is 2. The van der Waals surface area contributed by atoms with E-state index >= 15 is 0 Å². The maximum absolute atomic E-state index is 11.6. The largest absolute Gasteiger partial charge is 0.463 e. The van der Waals surface area contributed by atoms with E-state index in [4.69, 9.17) is 16.3 Å². The van der Waals surface area contributed by atoms with Gasteiger partial charge in [0.1, 0.15) is 6.61 Å². The van der Waals surface area contributed by atoms with E-state index in [0.717, 1.165) is 41.8 Å². The Labute approximate surface area is 197 Å². The summed E-state index contributed by atoms with van der Waals surface area (Å²) in [5.74, 6) is 1.05. The highest BCUT2D eigenvalue weighted by Gasteiger charge is 2.34. The molecule has 3 unspecified atom stereocenters. The average Bonchev–Trinajstić information content (AvgIpc) is 3.62. The molecule has 0 bridgehead atoms. The molecule has 0 radical (unpaired) electrons. The number of benzene rings is 2. The van der Waals surface area contributed by atoms with Crippen molar-refractivity contribution in [2.75, 3.05) is 6.61 Å². The second-order valence-electron chi connectivity index (χ2n) is 8.25. The second kappa shape index (κ2) is 12.4. The summed E-state index contributed by atoms with van der Waals surface area (Å²) in [5, 5.41) is -0.211. The summed E-state index contributed by atoms with van der Waals surface area (Å²) in [6.45, 7) is 1.66. The molecule has 2 saturated carbocycles. The lowest BCUT2D eigenvalue weighted by atomic mass is 9.77. The fourth-order valence-corrected chi connectivity index (χ4v) is 4.30. The van der Waals surface area contributed by atoms with Crippen LogP contribution in [-0.4, -0.2) is 24.4 Å². The molecule has 4 nitrogen and oxygen atoms in total. The van der Waals surface area contributed by atoms with E-state index in [1.54, 1.807) is 0 Å². The van der Waals surface area contributed by atoms with Crippen LogP contribution in [0.2, 0.25) is 0 Å². The lowest BCUT2D eigenvalue weighted by Gasteiger charge is -2.33. The van der Waals surface area contributed by atoms with Crippen molar-refractivity contribution < 1.29 is 19.1 Å². The van der Waals surface area contributed by atoms with E-state index in [1.165, 1.54) is 18.4 Å². The van der Waals surface area contributed by atoms with E-state index in [0.29, 0.717) is 19.0 Å². The van der Waals surface area contributed by atoms with Crippen molar-refractivity contribution in [3.8, 4) is 0 Å². The Morgan fingerprint density at radius 3 is 2.35 bits per heavy atom. The van der Waals surface area contributed by atoms with E-state index in [1.807, 2.05) is 30.3 Å². The molecular formula is C25H28BrClO4. The summed E-state index contributed by atoms with van der Waals surface area (Å²) in [5.41, 5.74) is 2.29. The van der Waals surface area contributed by atoms with Crippen LogP contribution in [-0.2, 0) is 25.7 Å². The maximum Gasteiger partial charge on any atom is 0.293 e. The minimum Gasteiger partial charge on any atom is -0.463 e. The van der Waals surface area contributed by atoms with Gasteiger partial charge in [0.25, 0.3) is 6.47 Å². The van der Waals surface area contributed by atoms with Crippen LogP contribution in [0.3, 0.4) is 0 Å². The Morgan fingerprint density at radius 2 is 1.74 bits per heavy atom. The van der Waals surface area contributed by atoms with Crippen LogP contribution in [0.25, 0.3) is 0 Å². The zero-order valence-corrected chi connectivity index (χ0v) is 19.8. The molecule has 0 aliphatic heterocycles. The van der Waals surface area contributed by atoms with Crippen molar-refractivity contribution in [1.29, 1.82) is 0 Å². The first-order valence-electron chi connectivity index (χ1n) is 10.7. The summed E-state index contributed by atoms with van der Waals surface area (Å²) in [6, 6.07) is 17.9. The smallest absolute Gasteiger partial charge is 0.293 e. The monoisotopic (exact) mass is 506 g/mol. The molecule has 0 N–H and O–H groups in total. The molecule has 166 valence electrons. The number of rotatable bonds is 8. The summed E-state index contributed by atoms with van der Waals surface area (Å²) in [6.07, 6.45) is 5.37. The standard InChI is InChI=1S/C17H20BrClO2.C8H8O2/c18-15-5-3-12(4-6-15)13-7-14(17(19)20)9-16(8-13)21-10-11-1-2-11;9-7-10-6-8-4-2-1-3-5-8/h3-6,11,13-14,16H,1-2,7-10H2;1-5,7H,6H2. The number of carbonyl (C=O) groups is 2. The van der Waals surface area contributed by atoms with Crippen molar-refractivity contribution in [3.05, 3.63) is 70.2 Å². The molecule has 0 saturated heterocycles. The zero-order chi connectivity index (χ0) is 22.1. The van der Waals surface area contributed by atoms with Gasteiger partial charge in [-0.1, -0.05) is 58.4 Å². The Morgan fingerprint density at radius 1 is 1.03 bits per heavy atom. The van der Waals surface area contributed by atoms with Crippen LogP contribution in [0.4, 0.5) is 0 Å². The van der Waals surface area contributed by atoms with Crippen molar-refractivity contribution in [2.24, 2.45) is 11.8 Å². The minimum absolute atomic E-state index is 0.0710. The fourth-order valence-electron chi connectivity index (χ4n) is 3.86. The maximum atomic E-state index is 11.6. The first kappa shape index (κ1) is 24.0. The quantitative estimate of drug-likeness (QED) is 0.313. The SMILES string of the molecule is O=C(Cl)C1CC(OCC2CC2)CC(c2ccc(Br)cc2)C1.O=COCc1ccccc1. The summed E-state index contributed by atoms with van der Waals surface area (Å²) < 4.78 is 11.7. The van der Waals surface area contributed by atoms with Gasteiger partial charge in [-0.25, -0.2) is 0 Å². The molecule has 0 spiro atoms. The predicted molar refractivity (Wildman–Crippen MR) is 125 cm³/mol. The van der Waals surface area contributed by atoms with Gasteiger partial charge in [0.15, 0.2) is 0 Å². The molecule has 0 heterocycles. The number of halogens is 2. The Balaban J connectivity index is 0.000000229. The highest BCUT2D eigenvalue weighted by Crippen LogP contribution is 2.40. The summed E-state index contributed by atoms with van der Waals surface area (Å²) in [4.78, 5) is 21.4. The third-order valence-corrected chi connectivity index (χ3v) is 6.59. The molecule has 2 aliphatic rings. The third kappa shape index (κ3) is 8.40. The van der Waals surface area contributed by atoms with E-state index < -0.39 is 0 Å². The first-order valence-corrected chi connectivity index (χ1v) is 11.9. The van der Waals surface area contributed by atoms with Crippen LogP contribution < -0.4 is 0 Å². The van der Waals surface area contributed by atoms with E-state index in [2.05, 4.69) is 44.9 Å². The molecular weight excluding hydrogens is 480 g/mol. The van der Waals surface area contributed by atoms with E-state index in [-0.39, 0.29) is 17.3 Å². The number of hydrogen-bond donors (Lipinski definition) is 0. The molecule has 2 aromatic carbocycles. The lowest BCUT2D eigenvalue weighted by molar-refractivity contribution is -0.129. The van der Waals surface area contributed by atoms with Gasteiger partial charge in [-0.05, 0) is 78.8 Å². The first-order chi connectivity index (χ1) is 15.0. The van der Waals surface area contributed by atoms with Gasteiger partial charge >= 0.3 is 0 Å². The van der Waals surface area contributed by atoms with Crippen molar-refractivity contribution >= 4 is 39.2 Å². The number of ether oxygens (including phenoxy) is 2. The highest BCUT2D eigenvalue weighted by molar-refractivity contribution is 9.10. The molecule has 0 amide bonds. The lowest BCUT2D eigenvalue weighted by Crippen LogP contribution is -2.30. The Kier molecular flexibility index (Phi) is 9.56. The van der Waals surface area contributed by atoms with Gasteiger partial charge in [-0.15, -0.1) is 0 Å². The molecule has 4 rings (SSSR count). The molecule has 2 fully saturated rings. The van der Waals surface area contributed by atoms with Gasteiger partial charge < -0.3 is 9.47 Å². The Hall–Kier alpha value is -1.69. The topological polar surface area (TPSA) is 52.6 Å². The molecule has 2 aromatic rings. The van der Waals surface area contributed by atoms with Crippen LogP contribution in [0.15, 0.2) is 59.1 Å². The highest BCUT2D eigenvalue weighted by atomic mass is 79.9. The zero-order valence-electron chi connectivity index (χ0n) is 17.4. The van der Waals surface area contributed by atoms with E-state index in [9.17, 15) is 9.59 Å². The second-order valence-corrected chi connectivity index (χ2v) is 9.54. The van der Waals surface area contributed by atoms with Crippen LogP contribution in [0, 0.1) is 11.8 Å². The molecule has 3 atom stereocenters. The minimum atomic E-state index is -0.211. The van der Waals surface area contributed by atoms with Gasteiger partial charge in [-0.2, -0.15) is 0 Å². The van der Waals surface area contributed by atoms with Gasteiger partial charge in [0.2, 0.25) is 5.24 Å². The van der Waals surface area contributed by atoms with Crippen molar-refractivity contribution in [1.82, 2.24) is 0 Å². The third-order valence-electron chi connectivity index (χ3n) is 5.75. The van der Waals surface area contributed by atoms with Crippen molar-refractivity contribution in [2.45, 2.75) is 50.7 Å². The fraction of sp³-hybridized carbons (Fsp3) is 0.440. The number of hydrogen-bond acceptors (Lipinski definition) is 4. The average molecular weight is 508 g/mol. The molecule has 6 heteroatoms. The van der Waals surface area contributed by atoms with Gasteiger partial charge in [0, 0.05) is 17.0 Å². The Bertz CT molecular complexity index is 823. The molecule has 0 aromatic heterocycles. The molecule has 2 aliphatic carbocycles. The van der Waals surface area contributed by atoms with Gasteiger partial charge in [0.05, 0.1) is 6.10 Å². The normalized spacial score (nSPS) is 22.7. The van der Waals surface area contributed by atoms with Gasteiger partial charge in [-0.3, -0.25) is 9.59 Å².